The minimum absolute atomic E-state index is 0.0926. The van der Waals surface area contributed by atoms with Crippen molar-refractivity contribution in [1.82, 2.24) is 9.97 Å². The van der Waals surface area contributed by atoms with Gasteiger partial charge < -0.3 is 10.6 Å². The summed E-state index contributed by atoms with van der Waals surface area (Å²) in [6.45, 7) is 3.43. The van der Waals surface area contributed by atoms with Gasteiger partial charge in [-0.15, -0.1) is 0 Å². The fourth-order valence-electron chi connectivity index (χ4n) is 1.67. The van der Waals surface area contributed by atoms with E-state index in [9.17, 15) is 4.79 Å². The summed E-state index contributed by atoms with van der Waals surface area (Å²) in [4.78, 5) is 19.7. The fourth-order valence-corrected chi connectivity index (χ4v) is 2.01. The SMILES string of the molecule is CSc1ncc(C)c(Nc2cccc(NC(C)=O)c2)n1. The van der Waals surface area contributed by atoms with Gasteiger partial charge >= 0.3 is 0 Å². The minimum Gasteiger partial charge on any atom is -0.340 e. The predicted molar refractivity (Wildman–Crippen MR) is 82.6 cm³/mol. The maximum Gasteiger partial charge on any atom is 0.221 e. The number of nitrogens with zero attached hydrogens (tertiary/aromatic N) is 2. The maximum absolute atomic E-state index is 11.1. The first-order valence-corrected chi connectivity index (χ1v) is 7.33. The minimum atomic E-state index is -0.0926. The van der Waals surface area contributed by atoms with E-state index in [-0.39, 0.29) is 5.91 Å². The summed E-state index contributed by atoms with van der Waals surface area (Å²) in [5, 5.41) is 6.72. The van der Waals surface area contributed by atoms with E-state index < -0.39 is 0 Å². The van der Waals surface area contributed by atoms with Crippen molar-refractivity contribution in [3.05, 3.63) is 36.0 Å². The summed E-state index contributed by atoms with van der Waals surface area (Å²) in [6.07, 6.45) is 3.73. The number of nitrogens with one attached hydrogen (secondary N) is 2. The highest BCUT2D eigenvalue weighted by Gasteiger charge is 2.04. The zero-order valence-corrected chi connectivity index (χ0v) is 12.4. The van der Waals surface area contributed by atoms with Crippen LogP contribution >= 0.6 is 11.8 Å². The van der Waals surface area contributed by atoms with E-state index in [1.165, 1.54) is 18.7 Å². The van der Waals surface area contributed by atoms with E-state index in [2.05, 4.69) is 20.6 Å². The van der Waals surface area contributed by atoms with Gasteiger partial charge in [-0.1, -0.05) is 17.8 Å². The Balaban J connectivity index is 2.23. The summed E-state index contributed by atoms with van der Waals surface area (Å²) < 4.78 is 0. The number of carbonyl (C=O) groups is 1. The van der Waals surface area contributed by atoms with Crippen molar-refractivity contribution in [2.24, 2.45) is 0 Å². The third-order valence-electron chi connectivity index (χ3n) is 2.58. The van der Waals surface area contributed by atoms with Gasteiger partial charge in [0.15, 0.2) is 5.16 Å². The normalized spacial score (nSPS) is 10.2. The number of thioether (sulfide) groups is 1. The molecule has 20 heavy (non-hydrogen) atoms. The first-order chi connectivity index (χ1) is 9.58. The van der Waals surface area contributed by atoms with E-state index >= 15 is 0 Å². The molecule has 0 spiro atoms. The molecule has 5 nitrogen and oxygen atoms in total. The summed E-state index contributed by atoms with van der Waals surface area (Å²) in [7, 11) is 0. The number of aryl methyl sites for hydroxylation is 1. The monoisotopic (exact) mass is 288 g/mol. The van der Waals surface area contributed by atoms with E-state index in [1.54, 1.807) is 6.20 Å². The van der Waals surface area contributed by atoms with Gasteiger partial charge in [0.1, 0.15) is 5.82 Å². The van der Waals surface area contributed by atoms with Crippen LogP contribution in [0.4, 0.5) is 17.2 Å². The molecular weight excluding hydrogens is 272 g/mol. The highest BCUT2D eigenvalue weighted by molar-refractivity contribution is 7.98. The number of rotatable bonds is 4. The second-order valence-corrected chi connectivity index (χ2v) is 5.05. The van der Waals surface area contributed by atoms with Crippen molar-refractivity contribution in [2.75, 3.05) is 16.9 Å². The quantitative estimate of drug-likeness (QED) is 0.668. The first-order valence-electron chi connectivity index (χ1n) is 6.11. The molecule has 0 aliphatic carbocycles. The van der Waals surface area contributed by atoms with Crippen molar-refractivity contribution in [3.8, 4) is 0 Å². The van der Waals surface area contributed by atoms with Gasteiger partial charge in [0.25, 0.3) is 0 Å². The highest BCUT2D eigenvalue weighted by atomic mass is 32.2. The smallest absolute Gasteiger partial charge is 0.221 e. The Morgan fingerprint density at radius 3 is 2.75 bits per heavy atom. The molecule has 2 rings (SSSR count). The third-order valence-corrected chi connectivity index (χ3v) is 3.14. The molecule has 1 aromatic carbocycles. The van der Waals surface area contributed by atoms with Crippen LogP contribution in [0.5, 0.6) is 0 Å². The van der Waals surface area contributed by atoms with E-state index in [4.69, 9.17) is 0 Å². The van der Waals surface area contributed by atoms with Crippen LogP contribution in [0.3, 0.4) is 0 Å². The van der Waals surface area contributed by atoms with Crippen LogP contribution < -0.4 is 10.6 Å². The zero-order valence-electron chi connectivity index (χ0n) is 11.6. The average Bonchev–Trinajstić information content (AvgIpc) is 2.41. The first kappa shape index (κ1) is 14.3. The second-order valence-electron chi connectivity index (χ2n) is 4.28. The molecule has 2 aromatic rings. The Morgan fingerprint density at radius 1 is 1.30 bits per heavy atom. The van der Waals surface area contributed by atoms with Crippen LogP contribution in [0.2, 0.25) is 0 Å². The van der Waals surface area contributed by atoms with Crippen molar-refractivity contribution in [1.29, 1.82) is 0 Å². The Morgan fingerprint density at radius 2 is 2.05 bits per heavy atom. The molecule has 0 aliphatic rings. The molecule has 0 radical (unpaired) electrons. The zero-order chi connectivity index (χ0) is 14.5. The number of anilines is 3. The fraction of sp³-hybridized carbons (Fsp3) is 0.214. The Kier molecular flexibility index (Phi) is 4.57. The summed E-state index contributed by atoms with van der Waals surface area (Å²) in [5.74, 6) is 0.675. The molecular formula is C14H16N4OS. The molecule has 0 saturated heterocycles. The average molecular weight is 288 g/mol. The van der Waals surface area contributed by atoms with E-state index in [0.29, 0.717) is 0 Å². The number of hydrogen-bond acceptors (Lipinski definition) is 5. The van der Waals surface area contributed by atoms with E-state index in [1.807, 2.05) is 37.4 Å². The van der Waals surface area contributed by atoms with E-state index in [0.717, 1.165) is 27.9 Å². The number of benzene rings is 1. The Hall–Kier alpha value is -2.08. The van der Waals surface area contributed by atoms with Gasteiger partial charge in [-0.3, -0.25) is 4.79 Å². The van der Waals surface area contributed by atoms with Gasteiger partial charge in [-0.2, -0.15) is 0 Å². The number of amides is 1. The number of carbonyl (C=O) groups excluding carboxylic acids is 1. The Labute approximate surface area is 122 Å². The second kappa shape index (κ2) is 6.38. The summed E-state index contributed by atoms with van der Waals surface area (Å²) in [5.41, 5.74) is 2.58. The molecule has 0 unspecified atom stereocenters. The van der Waals surface area contributed by atoms with Crippen LogP contribution in [0.15, 0.2) is 35.6 Å². The van der Waals surface area contributed by atoms with Gasteiger partial charge in [0.2, 0.25) is 5.91 Å². The topological polar surface area (TPSA) is 66.9 Å². The molecule has 0 bridgehead atoms. The lowest BCUT2D eigenvalue weighted by Crippen LogP contribution is -2.06. The van der Waals surface area contributed by atoms with Gasteiger partial charge in [-0.05, 0) is 31.4 Å². The lowest BCUT2D eigenvalue weighted by molar-refractivity contribution is -0.114. The summed E-state index contributed by atoms with van der Waals surface area (Å²) >= 11 is 1.49. The molecule has 1 heterocycles. The predicted octanol–water partition coefficient (Wildman–Crippen LogP) is 3.21. The Bertz CT molecular complexity index is 630. The van der Waals surface area contributed by atoms with Gasteiger partial charge in [0, 0.05) is 30.1 Å². The third kappa shape index (κ3) is 3.71. The standard InChI is InChI=1S/C14H16N4OS/c1-9-8-15-14(20-3)18-13(9)17-12-6-4-5-11(7-12)16-10(2)19/h4-8H,1-3H3,(H,16,19)(H,15,17,18). The van der Waals surface area contributed by atoms with Crippen molar-refractivity contribution in [2.45, 2.75) is 19.0 Å². The number of aromatic nitrogens is 2. The number of hydrogen-bond donors (Lipinski definition) is 2. The van der Waals surface area contributed by atoms with Gasteiger partial charge in [0.05, 0.1) is 0 Å². The highest BCUT2D eigenvalue weighted by Crippen LogP contribution is 2.22. The van der Waals surface area contributed by atoms with Crippen LogP contribution in [0.25, 0.3) is 0 Å². The lowest BCUT2D eigenvalue weighted by atomic mass is 10.2. The molecule has 104 valence electrons. The van der Waals surface area contributed by atoms with Gasteiger partial charge in [-0.25, -0.2) is 9.97 Å². The van der Waals surface area contributed by atoms with Crippen LogP contribution in [-0.2, 0) is 4.79 Å². The molecule has 6 heteroatoms. The largest absolute Gasteiger partial charge is 0.340 e. The van der Waals surface area contributed by atoms with Crippen LogP contribution in [0.1, 0.15) is 12.5 Å². The lowest BCUT2D eigenvalue weighted by Gasteiger charge is -2.10. The molecule has 2 N–H and O–H groups in total. The van der Waals surface area contributed by atoms with Crippen LogP contribution in [0, 0.1) is 6.92 Å². The molecule has 1 aromatic heterocycles. The summed E-state index contributed by atoms with van der Waals surface area (Å²) in [6, 6.07) is 7.50. The molecule has 0 aliphatic heterocycles. The molecule has 0 saturated carbocycles. The van der Waals surface area contributed by atoms with Crippen molar-refractivity contribution >= 4 is 34.9 Å². The maximum atomic E-state index is 11.1. The van der Waals surface area contributed by atoms with Crippen molar-refractivity contribution < 1.29 is 4.79 Å². The van der Waals surface area contributed by atoms with Crippen molar-refractivity contribution in [3.63, 3.8) is 0 Å². The molecule has 0 atom stereocenters. The van der Waals surface area contributed by atoms with Crippen LogP contribution in [-0.4, -0.2) is 22.1 Å². The molecule has 1 amide bonds. The molecule has 0 fully saturated rings.